The molecule has 1 aromatic heterocycles. The highest BCUT2D eigenvalue weighted by Crippen LogP contribution is 2.35. The third-order valence-corrected chi connectivity index (χ3v) is 6.19. The molecular weight excluding hydrogens is 414 g/mol. The number of ether oxygens (including phenoxy) is 2. The molecule has 2 aliphatic heterocycles. The van der Waals surface area contributed by atoms with Gasteiger partial charge in [-0.2, -0.15) is 5.10 Å². The van der Waals surface area contributed by atoms with Crippen LogP contribution in [0.1, 0.15) is 23.9 Å². The zero-order chi connectivity index (χ0) is 21.2. The van der Waals surface area contributed by atoms with Gasteiger partial charge in [0, 0.05) is 13.5 Å². The van der Waals surface area contributed by atoms with Gasteiger partial charge in [0.15, 0.2) is 28.6 Å². The van der Waals surface area contributed by atoms with Crippen molar-refractivity contribution < 1.29 is 14.3 Å². The minimum Gasteiger partial charge on any atom is -0.485 e. The molecule has 1 amide bonds. The fraction of sp³-hybridized carbons (Fsp3) is 0.273. The quantitative estimate of drug-likeness (QED) is 0.573. The Morgan fingerprint density at radius 1 is 1.10 bits per heavy atom. The number of thioether (sulfide) groups is 1. The molecule has 0 fully saturated rings. The summed E-state index contributed by atoms with van der Waals surface area (Å²) in [5.41, 5.74) is 1.99. The van der Waals surface area contributed by atoms with Crippen molar-refractivity contribution in [1.82, 2.24) is 19.8 Å². The van der Waals surface area contributed by atoms with E-state index in [1.165, 1.54) is 11.8 Å². The highest BCUT2D eigenvalue weighted by Gasteiger charge is 2.28. The highest BCUT2D eigenvalue weighted by atomic mass is 32.2. The lowest BCUT2D eigenvalue weighted by atomic mass is 10.1. The van der Waals surface area contributed by atoms with Crippen molar-refractivity contribution in [2.24, 2.45) is 12.1 Å². The van der Waals surface area contributed by atoms with Crippen molar-refractivity contribution in [3.63, 3.8) is 0 Å². The van der Waals surface area contributed by atoms with E-state index in [0.29, 0.717) is 29.9 Å². The fourth-order valence-electron chi connectivity index (χ4n) is 3.55. The molecule has 0 aliphatic carbocycles. The Balaban J connectivity index is 1.22. The average Bonchev–Trinajstić information content (AvgIpc) is 3.45. The van der Waals surface area contributed by atoms with Crippen LogP contribution in [0, 0.1) is 0 Å². The molecule has 3 aromatic rings. The van der Waals surface area contributed by atoms with Gasteiger partial charge in [-0.05, 0) is 17.7 Å². The van der Waals surface area contributed by atoms with Gasteiger partial charge in [-0.15, -0.1) is 10.2 Å². The third kappa shape index (κ3) is 4.00. The van der Waals surface area contributed by atoms with E-state index in [9.17, 15) is 4.79 Å². The van der Waals surface area contributed by atoms with Gasteiger partial charge in [0.2, 0.25) is 0 Å². The standard InChI is InChI=1S/C22H21N5O3S/c1-26-21(19-13-29-17-9-5-6-10-18(17)30-19)23-24-22(26)31-14-20(28)27-12-11-16(25-27)15-7-3-2-4-8-15/h2-10,19H,11-14H2,1H3. The number of hydrogen-bond donors (Lipinski definition) is 0. The van der Waals surface area contributed by atoms with Crippen molar-refractivity contribution in [1.29, 1.82) is 0 Å². The summed E-state index contributed by atoms with van der Waals surface area (Å²) in [7, 11) is 1.87. The number of nitrogens with zero attached hydrogens (tertiary/aromatic N) is 5. The number of hydrogen-bond acceptors (Lipinski definition) is 7. The Hall–Kier alpha value is -3.33. The maximum Gasteiger partial charge on any atom is 0.253 e. The maximum absolute atomic E-state index is 12.6. The summed E-state index contributed by atoms with van der Waals surface area (Å²) < 4.78 is 13.7. The lowest BCUT2D eigenvalue weighted by molar-refractivity contribution is -0.127. The van der Waals surface area contributed by atoms with Crippen LogP contribution < -0.4 is 9.47 Å². The number of rotatable bonds is 5. The number of amides is 1. The van der Waals surface area contributed by atoms with E-state index >= 15 is 0 Å². The van der Waals surface area contributed by atoms with E-state index in [1.807, 2.05) is 66.2 Å². The molecule has 2 aromatic carbocycles. The van der Waals surface area contributed by atoms with E-state index in [4.69, 9.17) is 9.47 Å². The summed E-state index contributed by atoms with van der Waals surface area (Å²) in [5, 5.41) is 15.2. The number of benzene rings is 2. The van der Waals surface area contributed by atoms with Crippen LogP contribution in [0.25, 0.3) is 0 Å². The first-order valence-electron chi connectivity index (χ1n) is 10.0. The van der Waals surface area contributed by atoms with Crippen molar-refractivity contribution in [2.45, 2.75) is 17.7 Å². The zero-order valence-electron chi connectivity index (χ0n) is 17.0. The minimum absolute atomic E-state index is 0.0494. The molecule has 8 nitrogen and oxygen atoms in total. The van der Waals surface area contributed by atoms with Crippen LogP contribution >= 0.6 is 11.8 Å². The third-order valence-electron chi connectivity index (χ3n) is 5.19. The van der Waals surface area contributed by atoms with Crippen molar-refractivity contribution in [3.8, 4) is 11.5 Å². The summed E-state index contributed by atoms with van der Waals surface area (Å²) in [6, 6.07) is 17.5. The number of carbonyl (C=O) groups excluding carboxylic acids is 1. The summed E-state index contributed by atoms with van der Waals surface area (Å²) in [6.45, 7) is 0.956. The van der Waals surface area contributed by atoms with E-state index in [1.54, 1.807) is 5.01 Å². The Morgan fingerprint density at radius 2 is 1.87 bits per heavy atom. The maximum atomic E-state index is 12.6. The molecule has 0 spiro atoms. The Kier molecular flexibility index (Phi) is 5.33. The van der Waals surface area contributed by atoms with Gasteiger partial charge in [0.05, 0.1) is 18.0 Å². The zero-order valence-corrected chi connectivity index (χ0v) is 17.8. The van der Waals surface area contributed by atoms with Crippen LogP contribution in [0.4, 0.5) is 0 Å². The van der Waals surface area contributed by atoms with E-state index < -0.39 is 0 Å². The first-order valence-corrected chi connectivity index (χ1v) is 11.0. The fourth-order valence-corrected chi connectivity index (χ4v) is 4.34. The summed E-state index contributed by atoms with van der Waals surface area (Å²) in [5.74, 6) is 2.26. The summed E-state index contributed by atoms with van der Waals surface area (Å²) >= 11 is 1.34. The van der Waals surface area contributed by atoms with E-state index in [-0.39, 0.29) is 17.8 Å². The smallest absolute Gasteiger partial charge is 0.253 e. The van der Waals surface area contributed by atoms with Crippen molar-refractivity contribution >= 4 is 23.4 Å². The van der Waals surface area contributed by atoms with Crippen LogP contribution in [-0.2, 0) is 11.8 Å². The molecule has 0 bridgehead atoms. The molecule has 31 heavy (non-hydrogen) atoms. The molecule has 9 heteroatoms. The number of hydrazone groups is 1. The average molecular weight is 436 g/mol. The number of para-hydroxylation sites is 2. The predicted molar refractivity (Wildman–Crippen MR) is 116 cm³/mol. The Morgan fingerprint density at radius 3 is 2.71 bits per heavy atom. The molecule has 3 heterocycles. The Labute approximate surface area is 183 Å². The molecule has 5 rings (SSSR count). The van der Waals surface area contributed by atoms with E-state index in [0.717, 1.165) is 23.4 Å². The van der Waals surface area contributed by atoms with Gasteiger partial charge >= 0.3 is 0 Å². The first kappa shape index (κ1) is 19.6. The van der Waals surface area contributed by atoms with E-state index in [2.05, 4.69) is 15.3 Å². The molecule has 0 radical (unpaired) electrons. The van der Waals surface area contributed by atoms with Gasteiger partial charge in [-0.25, -0.2) is 5.01 Å². The molecule has 0 saturated heterocycles. The topological polar surface area (TPSA) is 81.8 Å². The lowest BCUT2D eigenvalue weighted by Crippen LogP contribution is -2.25. The molecular formula is C22H21N5O3S. The van der Waals surface area contributed by atoms with Gasteiger partial charge in [-0.1, -0.05) is 54.2 Å². The van der Waals surface area contributed by atoms with Crippen LogP contribution in [-0.4, -0.2) is 50.3 Å². The first-order chi connectivity index (χ1) is 15.2. The molecule has 1 unspecified atom stereocenters. The van der Waals surface area contributed by atoms with Crippen LogP contribution in [0.2, 0.25) is 0 Å². The Bertz CT molecular complexity index is 1130. The normalized spacial score (nSPS) is 17.5. The minimum atomic E-state index is -0.353. The van der Waals surface area contributed by atoms with Gasteiger partial charge in [0.25, 0.3) is 5.91 Å². The second-order valence-corrected chi connectivity index (χ2v) is 8.17. The molecule has 0 saturated carbocycles. The summed E-state index contributed by atoms with van der Waals surface area (Å²) in [6.07, 6.45) is 0.406. The SMILES string of the molecule is Cn1c(SCC(=O)N2CCC(c3ccccc3)=N2)nnc1C1COc2ccccc2O1. The molecule has 158 valence electrons. The number of aromatic nitrogens is 3. The van der Waals surface area contributed by atoms with Gasteiger partial charge < -0.3 is 14.0 Å². The number of fused-ring (bicyclic) bond motifs is 1. The van der Waals surface area contributed by atoms with Crippen LogP contribution in [0.15, 0.2) is 64.9 Å². The second-order valence-electron chi connectivity index (χ2n) is 7.23. The van der Waals surface area contributed by atoms with Crippen LogP contribution in [0.5, 0.6) is 11.5 Å². The van der Waals surface area contributed by atoms with Crippen molar-refractivity contribution in [3.05, 3.63) is 66.0 Å². The molecule has 1 atom stereocenters. The highest BCUT2D eigenvalue weighted by molar-refractivity contribution is 7.99. The predicted octanol–water partition coefficient (Wildman–Crippen LogP) is 3.06. The van der Waals surface area contributed by atoms with Gasteiger partial charge in [-0.3, -0.25) is 4.79 Å². The lowest BCUT2D eigenvalue weighted by Gasteiger charge is -2.25. The van der Waals surface area contributed by atoms with Gasteiger partial charge in [0.1, 0.15) is 6.61 Å². The summed E-state index contributed by atoms with van der Waals surface area (Å²) in [4.78, 5) is 12.6. The van der Waals surface area contributed by atoms with Crippen LogP contribution in [0.3, 0.4) is 0 Å². The molecule has 0 N–H and O–H groups in total. The molecule has 2 aliphatic rings. The monoisotopic (exact) mass is 435 g/mol. The largest absolute Gasteiger partial charge is 0.485 e. The number of carbonyl (C=O) groups is 1. The second kappa shape index (κ2) is 8.43. The van der Waals surface area contributed by atoms with Crippen molar-refractivity contribution in [2.75, 3.05) is 18.9 Å².